The maximum Gasteiger partial charge on any atom is 0.331 e. The minimum absolute atomic E-state index is 0.408. The van der Waals surface area contributed by atoms with Crippen molar-refractivity contribution in [1.82, 2.24) is 0 Å². The highest BCUT2D eigenvalue weighted by Crippen LogP contribution is 2.31. The molecule has 0 radical (unpaired) electrons. The fourth-order valence-electron chi connectivity index (χ4n) is 2.43. The molecule has 0 fully saturated rings. The highest BCUT2D eigenvalue weighted by atomic mass is 35.5. The Morgan fingerprint density at radius 1 is 1.03 bits per heavy atom. The van der Waals surface area contributed by atoms with Gasteiger partial charge in [-0.25, -0.2) is 4.79 Å². The molecule has 29 heavy (non-hydrogen) atoms. The van der Waals surface area contributed by atoms with Crippen molar-refractivity contribution in [3.8, 4) is 17.2 Å². The Hall–Kier alpha value is -3.19. The average Bonchev–Trinajstić information content (AvgIpc) is 2.72. The van der Waals surface area contributed by atoms with Crippen molar-refractivity contribution in [2.24, 2.45) is 0 Å². The van der Waals surface area contributed by atoms with Crippen LogP contribution in [0.15, 0.2) is 36.4 Å². The van der Waals surface area contributed by atoms with E-state index in [1.54, 1.807) is 44.4 Å². The maximum atomic E-state index is 12.1. The van der Waals surface area contributed by atoms with E-state index in [2.05, 4.69) is 5.32 Å². The van der Waals surface area contributed by atoms with Crippen molar-refractivity contribution in [3.05, 3.63) is 52.6 Å². The number of amides is 1. The van der Waals surface area contributed by atoms with Crippen molar-refractivity contribution in [1.29, 1.82) is 0 Å². The van der Waals surface area contributed by atoms with E-state index in [0.29, 0.717) is 33.5 Å². The predicted molar refractivity (Wildman–Crippen MR) is 111 cm³/mol. The number of carbonyl (C=O) groups is 2. The maximum absolute atomic E-state index is 12.1. The lowest BCUT2D eigenvalue weighted by Gasteiger charge is -2.12. The summed E-state index contributed by atoms with van der Waals surface area (Å²) in [4.78, 5) is 24.0. The molecule has 8 heteroatoms. The molecule has 0 aliphatic rings. The second-order valence-electron chi connectivity index (χ2n) is 5.90. The van der Waals surface area contributed by atoms with Gasteiger partial charge in [0, 0.05) is 22.7 Å². The van der Waals surface area contributed by atoms with Crippen LogP contribution in [0.2, 0.25) is 5.02 Å². The van der Waals surface area contributed by atoms with E-state index < -0.39 is 18.5 Å². The molecular weight excluding hydrogens is 398 g/mol. The van der Waals surface area contributed by atoms with E-state index in [4.69, 9.17) is 30.5 Å². The van der Waals surface area contributed by atoms with E-state index in [1.807, 2.05) is 0 Å². The summed E-state index contributed by atoms with van der Waals surface area (Å²) in [6.07, 6.45) is 2.73. The van der Waals surface area contributed by atoms with Gasteiger partial charge < -0.3 is 24.3 Å². The largest absolute Gasteiger partial charge is 0.497 e. The van der Waals surface area contributed by atoms with E-state index in [1.165, 1.54) is 26.4 Å². The van der Waals surface area contributed by atoms with Crippen LogP contribution in [0.5, 0.6) is 17.2 Å². The molecule has 0 bridgehead atoms. The van der Waals surface area contributed by atoms with Gasteiger partial charge in [-0.2, -0.15) is 0 Å². The molecule has 0 aliphatic carbocycles. The van der Waals surface area contributed by atoms with Crippen molar-refractivity contribution < 1.29 is 28.5 Å². The number of hydrogen-bond acceptors (Lipinski definition) is 6. The van der Waals surface area contributed by atoms with Gasteiger partial charge in [-0.15, -0.1) is 0 Å². The first-order valence-corrected chi connectivity index (χ1v) is 8.96. The van der Waals surface area contributed by atoms with E-state index in [0.717, 1.165) is 5.56 Å². The van der Waals surface area contributed by atoms with Crippen molar-refractivity contribution >= 4 is 35.2 Å². The molecule has 0 aliphatic heterocycles. The molecule has 1 N–H and O–H groups in total. The SMILES string of the molecule is COc1ccc(OC)c(/C=C/C(=O)OCC(=O)Nc2cc(C)c(Cl)cc2OC)c1. The Labute approximate surface area is 174 Å². The minimum atomic E-state index is -0.677. The predicted octanol–water partition coefficient (Wildman–Crippen LogP) is 3.87. The first kappa shape index (κ1) is 22.1. The number of anilines is 1. The second-order valence-corrected chi connectivity index (χ2v) is 6.31. The Bertz CT molecular complexity index is 926. The topological polar surface area (TPSA) is 83.1 Å². The normalized spacial score (nSPS) is 10.5. The highest BCUT2D eigenvalue weighted by molar-refractivity contribution is 6.31. The molecule has 0 atom stereocenters. The first-order valence-electron chi connectivity index (χ1n) is 8.58. The number of halogens is 1. The second kappa shape index (κ2) is 10.4. The van der Waals surface area contributed by atoms with Gasteiger partial charge in [0.05, 0.1) is 27.0 Å². The molecule has 0 aromatic heterocycles. The summed E-state index contributed by atoms with van der Waals surface area (Å²) in [6, 6.07) is 8.45. The standard InChI is InChI=1S/C21H22ClNO6/c1-13-9-17(19(28-4)11-16(13)22)23-20(24)12-29-21(25)8-5-14-10-15(26-2)6-7-18(14)27-3/h5-11H,12H2,1-4H3,(H,23,24)/b8-5+. The third-order valence-electron chi connectivity index (χ3n) is 3.94. The summed E-state index contributed by atoms with van der Waals surface area (Å²) >= 11 is 6.04. The molecule has 0 spiro atoms. The van der Waals surface area contributed by atoms with Gasteiger partial charge >= 0.3 is 5.97 Å². The van der Waals surface area contributed by atoms with Crippen LogP contribution < -0.4 is 19.5 Å². The molecular formula is C21H22ClNO6. The third-order valence-corrected chi connectivity index (χ3v) is 4.34. The Kier molecular flexibility index (Phi) is 7.91. The van der Waals surface area contributed by atoms with Gasteiger partial charge in [0.25, 0.3) is 5.91 Å². The van der Waals surface area contributed by atoms with Crippen molar-refractivity contribution in [3.63, 3.8) is 0 Å². The lowest BCUT2D eigenvalue weighted by atomic mass is 10.1. The van der Waals surface area contributed by atoms with Gasteiger partial charge in [-0.3, -0.25) is 4.79 Å². The first-order chi connectivity index (χ1) is 13.9. The van der Waals surface area contributed by atoms with Crippen LogP contribution in [0.3, 0.4) is 0 Å². The summed E-state index contributed by atoms with van der Waals surface area (Å²) < 4.78 is 20.6. The van der Waals surface area contributed by atoms with Crippen LogP contribution in [-0.2, 0) is 14.3 Å². The summed E-state index contributed by atoms with van der Waals surface area (Å²) in [7, 11) is 4.53. The summed E-state index contributed by atoms with van der Waals surface area (Å²) in [5.41, 5.74) is 1.84. The fourth-order valence-corrected chi connectivity index (χ4v) is 2.58. The summed E-state index contributed by atoms with van der Waals surface area (Å²) in [6.45, 7) is 1.35. The highest BCUT2D eigenvalue weighted by Gasteiger charge is 2.12. The van der Waals surface area contributed by atoms with Crippen molar-refractivity contribution in [2.45, 2.75) is 6.92 Å². The average molecular weight is 420 g/mol. The van der Waals surface area contributed by atoms with E-state index >= 15 is 0 Å². The van der Waals surface area contributed by atoms with Gasteiger partial charge in [-0.1, -0.05) is 11.6 Å². The number of carbonyl (C=O) groups excluding carboxylic acids is 2. The number of methoxy groups -OCH3 is 3. The molecule has 0 unspecified atom stereocenters. The molecule has 0 saturated carbocycles. The van der Waals surface area contributed by atoms with Crippen LogP contribution in [-0.4, -0.2) is 39.8 Å². The Morgan fingerprint density at radius 3 is 2.41 bits per heavy atom. The molecule has 0 heterocycles. The zero-order chi connectivity index (χ0) is 21.4. The number of rotatable bonds is 8. The Balaban J connectivity index is 1.97. The van der Waals surface area contributed by atoms with Crippen LogP contribution in [0.1, 0.15) is 11.1 Å². The van der Waals surface area contributed by atoms with E-state index in [-0.39, 0.29) is 0 Å². The summed E-state index contributed by atoms with van der Waals surface area (Å²) in [5, 5.41) is 3.15. The lowest BCUT2D eigenvalue weighted by molar-refractivity contribution is -0.142. The van der Waals surface area contributed by atoms with E-state index in [9.17, 15) is 9.59 Å². The monoisotopic (exact) mass is 419 g/mol. The molecule has 2 rings (SSSR count). The van der Waals surface area contributed by atoms with Crippen LogP contribution in [0.25, 0.3) is 6.08 Å². The molecule has 2 aromatic carbocycles. The number of ether oxygens (including phenoxy) is 4. The van der Waals surface area contributed by atoms with Crippen LogP contribution >= 0.6 is 11.6 Å². The number of aryl methyl sites for hydroxylation is 1. The number of benzene rings is 2. The number of esters is 1. The van der Waals surface area contributed by atoms with Gasteiger partial charge in [-0.05, 0) is 42.8 Å². The third kappa shape index (κ3) is 6.15. The minimum Gasteiger partial charge on any atom is -0.497 e. The lowest BCUT2D eigenvalue weighted by Crippen LogP contribution is -2.20. The molecule has 2 aromatic rings. The van der Waals surface area contributed by atoms with Gasteiger partial charge in [0.15, 0.2) is 6.61 Å². The number of nitrogens with one attached hydrogen (secondary N) is 1. The zero-order valence-electron chi connectivity index (χ0n) is 16.6. The molecule has 0 saturated heterocycles. The van der Waals surface area contributed by atoms with Crippen LogP contribution in [0.4, 0.5) is 5.69 Å². The Morgan fingerprint density at radius 2 is 1.76 bits per heavy atom. The summed E-state index contributed by atoms with van der Waals surface area (Å²) in [5.74, 6) is 0.406. The smallest absolute Gasteiger partial charge is 0.331 e. The quantitative estimate of drug-likeness (QED) is 0.516. The number of hydrogen-bond donors (Lipinski definition) is 1. The van der Waals surface area contributed by atoms with Crippen molar-refractivity contribution in [2.75, 3.05) is 33.3 Å². The van der Waals surface area contributed by atoms with Gasteiger partial charge in [0.2, 0.25) is 0 Å². The van der Waals surface area contributed by atoms with Crippen LogP contribution in [0, 0.1) is 6.92 Å². The zero-order valence-corrected chi connectivity index (χ0v) is 17.3. The molecule has 154 valence electrons. The molecule has 1 amide bonds. The fraction of sp³-hybridized carbons (Fsp3) is 0.238. The molecule has 7 nitrogen and oxygen atoms in total. The van der Waals surface area contributed by atoms with Gasteiger partial charge in [0.1, 0.15) is 17.2 Å².